The van der Waals surface area contributed by atoms with Crippen molar-refractivity contribution in [3.63, 3.8) is 0 Å². The van der Waals surface area contributed by atoms with Crippen LogP contribution in [0.15, 0.2) is 60.8 Å². The molecule has 130 valence electrons. The van der Waals surface area contributed by atoms with E-state index in [0.29, 0.717) is 5.75 Å². The molecule has 0 aliphatic heterocycles. The second-order valence-electron chi connectivity index (χ2n) is 5.68. The largest absolute Gasteiger partial charge is 0.497 e. The Hall–Kier alpha value is -2.76. The topological polar surface area (TPSA) is 27.1 Å². The summed E-state index contributed by atoms with van der Waals surface area (Å²) in [6.07, 6.45) is -3.00. The predicted octanol–water partition coefficient (Wildman–Crippen LogP) is 4.55. The number of alkyl halides is 3. The molecule has 3 rings (SSSR count). The Labute approximate surface area is 143 Å². The summed E-state index contributed by atoms with van der Waals surface area (Å²) < 4.78 is 46.9. The first kappa shape index (κ1) is 17.1. The smallest absolute Gasteiger partial charge is 0.433 e. The highest BCUT2D eigenvalue weighted by molar-refractivity contribution is 5.33. The van der Waals surface area contributed by atoms with Crippen LogP contribution in [-0.2, 0) is 19.1 Å². The number of methoxy groups -OCH3 is 1. The van der Waals surface area contributed by atoms with Crippen molar-refractivity contribution in [3.05, 3.63) is 83.2 Å². The average Bonchev–Trinajstić information content (AvgIpc) is 2.99. The second kappa shape index (κ2) is 7.01. The molecule has 0 amide bonds. The number of nitrogens with zero attached hydrogens (tertiary/aromatic N) is 2. The molecule has 0 aliphatic rings. The van der Waals surface area contributed by atoms with E-state index in [-0.39, 0.29) is 18.5 Å². The molecule has 3 aromatic rings. The number of hydrogen-bond acceptors (Lipinski definition) is 2. The fraction of sp³-hybridized carbons (Fsp3) is 0.211. The summed E-state index contributed by atoms with van der Waals surface area (Å²) in [4.78, 5) is 0. The fourth-order valence-electron chi connectivity index (χ4n) is 2.72. The van der Waals surface area contributed by atoms with Gasteiger partial charge in [-0.15, -0.1) is 0 Å². The first-order chi connectivity index (χ1) is 12.0. The van der Waals surface area contributed by atoms with Crippen LogP contribution in [0.2, 0.25) is 0 Å². The molecule has 0 saturated carbocycles. The lowest BCUT2D eigenvalue weighted by atomic mass is 10.0. The minimum atomic E-state index is -4.47. The third kappa shape index (κ3) is 4.02. The molecule has 0 aliphatic carbocycles. The van der Waals surface area contributed by atoms with Gasteiger partial charge in [0, 0.05) is 12.0 Å². The molecule has 0 spiro atoms. The molecule has 6 heteroatoms. The Kier molecular flexibility index (Phi) is 4.79. The van der Waals surface area contributed by atoms with Crippen LogP contribution in [0.1, 0.15) is 22.4 Å². The van der Waals surface area contributed by atoms with Crippen LogP contribution in [-0.4, -0.2) is 16.9 Å². The second-order valence-corrected chi connectivity index (χ2v) is 5.68. The lowest BCUT2D eigenvalue weighted by molar-refractivity contribution is -0.144. The Balaban J connectivity index is 1.91. The predicted molar refractivity (Wildman–Crippen MR) is 88.6 cm³/mol. The van der Waals surface area contributed by atoms with Gasteiger partial charge in [0.25, 0.3) is 0 Å². The third-order valence-electron chi connectivity index (χ3n) is 3.91. The lowest BCUT2D eigenvalue weighted by Crippen LogP contribution is -2.17. The van der Waals surface area contributed by atoms with E-state index in [9.17, 15) is 13.2 Å². The Morgan fingerprint density at radius 1 is 0.960 bits per heavy atom. The van der Waals surface area contributed by atoms with Gasteiger partial charge < -0.3 is 4.74 Å². The molecule has 1 aromatic heterocycles. The lowest BCUT2D eigenvalue weighted by Gasteiger charge is -2.13. The van der Waals surface area contributed by atoms with Gasteiger partial charge in [-0.2, -0.15) is 18.3 Å². The summed E-state index contributed by atoms with van der Waals surface area (Å²) in [5, 5.41) is 3.98. The minimum absolute atomic E-state index is 0.0816. The highest BCUT2D eigenvalue weighted by atomic mass is 19.4. The number of hydrogen-bond donors (Lipinski definition) is 0. The molecule has 25 heavy (non-hydrogen) atoms. The zero-order valence-corrected chi connectivity index (χ0v) is 13.6. The number of rotatable bonds is 5. The first-order valence-corrected chi connectivity index (χ1v) is 7.76. The van der Waals surface area contributed by atoms with Crippen LogP contribution in [0.25, 0.3) is 0 Å². The number of ether oxygens (including phenoxy) is 1. The zero-order chi connectivity index (χ0) is 17.9. The summed E-state index contributed by atoms with van der Waals surface area (Å²) in [5.74, 6) is 0.666. The summed E-state index contributed by atoms with van der Waals surface area (Å²) in [6, 6.07) is 16.0. The van der Waals surface area contributed by atoms with Crippen LogP contribution >= 0.6 is 0 Å². The molecule has 0 radical (unpaired) electrons. The average molecular weight is 346 g/mol. The molecule has 0 N–H and O–H groups in total. The fourth-order valence-corrected chi connectivity index (χ4v) is 2.72. The third-order valence-corrected chi connectivity index (χ3v) is 3.91. The molecule has 3 nitrogen and oxygen atoms in total. The first-order valence-electron chi connectivity index (χ1n) is 7.76. The van der Waals surface area contributed by atoms with Crippen molar-refractivity contribution < 1.29 is 17.9 Å². The van der Waals surface area contributed by atoms with Gasteiger partial charge in [-0.1, -0.05) is 42.5 Å². The van der Waals surface area contributed by atoms with Gasteiger partial charge in [0.2, 0.25) is 0 Å². The SMILES string of the molecule is COc1ccc(Cc2cnn(Cc3ccccc3)c2C(F)(F)F)cc1. The van der Waals surface area contributed by atoms with Crippen LogP contribution in [0, 0.1) is 0 Å². The van der Waals surface area contributed by atoms with E-state index in [2.05, 4.69) is 5.10 Å². The van der Waals surface area contributed by atoms with Crippen molar-refractivity contribution in [2.45, 2.75) is 19.1 Å². The molecular weight excluding hydrogens is 329 g/mol. The molecule has 0 saturated heterocycles. The van der Waals surface area contributed by atoms with E-state index < -0.39 is 11.9 Å². The maximum Gasteiger partial charge on any atom is 0.433 e. The molecule has 0 bridgehead atoms. The van der Waals surface area contributed by atoms with E-state index in [1.54, 1.807) is 55.6 Å². The highest BCUT2D eigenvalue weighted by Gasteiger charge is 2.38. The summed E-state index contributed by atoms with van der Waals surface area (Å²) in [6.45, 7) is 0.0816. The van der Waals surface area contributed by atoms with Crippen LogP contribution in [0.4, 0.5) is 13.2 Å². The van der Waals surface area contributed by atoms with E-state index in [1.165, 1.54) is 6.20 Å². The standard InChI is InChI=1S/C19H17F3N2O/c1-25-17-9-7-14(8-10-17)11-16-12-23-24(18(16)19(20,21)22)13-15-5-3-2-4-6-15/h2-10,12H,11,13H2,1H3. The van der Waals surface area contributed by atoms with Crippen LogP contribution in [0.3, 0.4) is 0 Å². The number of aromatic nitrogens is 2. The van der Waals surface area contributed by atoms with Gasteiger partial charge in [0.05, 0.1) is 19.9 Å². The van der Waals surface area contributed by atoms with Gasteiger partial charge in [-0.05, 0) is 23.3 Å². The molecule has 1 heterocycles. The monoisotopic (exact) mass is 346 g/mol. The summed E-state index contributed by atoms with van der Waals surface area (Å²) in [5.41, 5.74) is 0.999. The normalized spacial score (nSPS) is 11.5. The Bertz CT molecular complexity index is 824. The highest BCUT2D eigenvalue weighted by Crippen LogP contribution is 2.33. The van der Waals surface area contributed by atoms with Crippen LogP contribution < -0.4 is 4.74 Å². The van der Waals surface area contributed by atoms with E-state index in [4.69, 9.17) is 4.74 Å². The number of benzene rings is 2. The maximum absolute atomic E-state index is 13.6. The Morgan fingerprint density at radius 2 is 1.64 bits per heavy atom. The van der Waals surface area contributed by atoms with Crippen molar-refractivity contribution in [2.75, 3.05) is 7.11 Å². The van der Waals surface area contributed by atoms with Crippen molar-refractivity contribution in [2.24, 2.45) is 0 Å². The van der Waals surface area contributed by atoms with E-state index in [1.807, 2.05) is 6.07 Å². The molecule has 0 atom stereocenters. The summed E-state index contributed by atoms with van der Waals surface area (Å²) >= 11 is 0. The van der Waals surface area contributed by atoms with Gasteiger partial charge >= 0.3 is 6.18 Å². The van der Waals surface area contributed by atoms with Crippen molar-refractivity contribution in [3.8, 4) is 5.75 Å². The zero-order valence-electron chi connectivity index (χ0n) is 13.6. The van der Waals surface area contributed by atoms with Gasteiger partial charge in [0.1, 0.15) is 11.4 Å². The molecule has 0 fully saturated rings. The van der Waals surface area contributed by atoms with Gasteiger partial charge in [-0.3, -0.25) is 4.68 Å². The maximum atomic E-state index is 13.6. The molecule has 0 unspecified atom stereocenters. The Morgan fingerprint density at radius 3 is 2.24 bits per heavy atom. The molecular formula is C19H17F3N2O. The van der Waals surface area contributed by atoms with E-state index in [0.717, 1.165) is 15.8 Å². The van der Waals surface area contributed by atoms with Crippen molar-refractivity contribution >= 4 is 0 Å². The van der Waals surface area contributed by atoms with Crippen LogP contribution in [0.5, 0.6) is 5.75 Å². The quantitative estimate of drug-likeness (QED) is 0.678. The molecule has 2 aromatic carbocycles. The number of halogens is 3. The van der Waals surface area contributed by atoms with Crippen molar-refractivity contribution in [1.29, 1.82) is 0 Å². The van der Waals surface area contributed by atoms with Gasteiger partial charge in [-0.25, -0.2) is 0 Å². The minimum Gasteiger partial charge on any atom is -0.497 e. The van der Waals surface area contributed by atoms with Gasteiger partial charge in [0.15, 0.2) is 0 Å². The van der Waals surface area contributed by atoms with Crippen molar-refractivity contribution in [1.82, 2.24) is 9.78 Å². The summed E-state index contributed by atoms with van der Waals surface area (Å²) in [7, 11) is 1.55. The van der Waals surface area contributed by atoms with E-state index >= 15 is 0 Å².